The lowest BCUT2D eigenvalue weighted by Gasteiger charge is -2.38. The average Bonchev–Trinajstić information content (AvgIpc) is 2.57. The third-order valence-electron chi connectivity index (χ3n) is 3.48. The first-order valence-electron chi connectivity index (χ1n) is 6.37. The van der Waals surface area contributed by atoms with Gasteiger partial charge >= 0.3 is 0 Å². The zero-order valence-electron chi connectivity index (χ0n) is 11.5. The minimum absolute atomic E-state index is 0.334. The van der Waals surface area contributed by atoms with E-state index < -0.39 is 5.54 Å². The minimum atomic E-state index is -0.404. The van der Waals surface area contributed by atoms with Gasteiger partial charge in [0.15, 0.2) is 5.96 Å². The Kier molecular flexibility index (Phi) is 3.72. The van der Waals surface area contributed by atoms with Crippen molar-refractivity contribution < 1.29 is 4.39 Å². The summed E-state index contributed by atoms with van der Waals surface area (Å²) in [7, 11) is 0. The summed E-state index contributed by atoms with van der Waals surface area (Å²) in [6, 6.07) is 4.48. The van der Waals surface area contributed by atoms with Crippen molar-refractivity contribution in [3.8, 4) is 0 Å². The first kappa shape index (κ1) is 14.1. The van der Waals surface area contributed by atoms with Crippen LogP contribution < -0.4 is 5.73 Å². The van der Waals surface area contributed by atoms with Crippen LogP contribution in [0, 0.1) is 11.7 Å². The second kappa shape index (κ2) is 5.00. The van der Waals surface area contributed by atoms with Crippen LogP contribution >= 0.6 is 11.6 Å². The molecule has 1 aliphatic heterocycles. The molecule has 0 fully saturated rings. The lowest BCUT2D eigenvalue weighted by molar-refractivity contribution is 0.204. The van der Waals surface area contributed by atoms with E-state index in [4.69, 9.17) is 17.3 Å². The Bertz CT molecular complexity index is 515. The van der Waals surface area contributed by atoms with Crippen LogP contribution in [0.2, 0.25) is 5.02 Å². The first-order valence-corrected chi connectivity index (χ1v) is 6.75. The summed E-state index contributed by atoms with van der Waals surface area (Å²) in [6.45, 7) is 7.62. The molecule has 19 heavy (non-hydrogen) atoms. The fourth-order valence-electron chi connectivity index (χ4n) is 2.48. The lowest BCUT2D eigenvalue weighted by Crippen LogP contribution is -2.49. The Morgan fingerprint density at radius 1 is 1.53 bits per heavy atom. The Hall–Kier alpha value is -1.29. The zero-order chi connectivity index (χ0) is 14.2. The number of guanidine groups is 1. The van der Waals surface area contributed by atoms with Crippen molar-refractivity contribution in [3.05, 3.63) is 34.6 Å². The summed E-state index contributed by atoms with van der Waals surface area (Å²) in [6.07, 6.45) is 0. The highest BCUT2D eigenvalue weighted by Crippen LogP contribution is 2.37. The summed E-state index contributed by atoms with van der Waals surface area (Å²) in [5.41, 5.74) is 6.44. The van der Waals surface area contributed by atoms with Crippen molar-refractivity contribution in [3.63, 3.8) is 0 Å². The van der Waals surface area contributed by atoms with Crippen molar-refractivity contribution in [2.75, 3.05) is 13.1 Å². The molecule has 0 saturated heterocycles. The molecule has 2 N–H and O–H groups in total. The summed E-state index contributed by atoms with van der Waals surface area (Å²) in [4.78, 5) is 6.38. The normalized spacial score (nSPS) is 23.1. The summed E-state index contributed by atoms with van der Waals surface area (Å²) in [5.74, 6) is 0.640. The van der Waals surface area contributed by atoms with Gasteiger partial charge in [0, 0.05) is 11.6 Å². The minimum Gasteiger partial charge on any atom is -0.370 e. The second-order valence-electron chi connectivity index (χ2n) is 5.58. The Morgan fingerprint density at radius 3 is 2.79 bits per heavy atom. The fourth-order valence-corrected chi connectivity index (χ4v) is 2.85. The number of benzene rings is 1. The van der Waals surface area contributed by atoms with Gasteiger partial charge in [0.2, 0.25) is 0 Å². The maximum Gasteiger partial charge on any atom is 0.192 e. The Labute approximate surface area is 118 Å². The summed E-state index contributed by atoms with van der Waals surface area (Å²) >= 11 is 6.19. The predicted molar refractivity (Wildman–Crippen MR) is 76.8 cm³/mol. The molecule has 2 rings (SSSR count). The molecule has 104 valence electrons. The highest BCUT2D eigenvalue weighted by molar-refractivity contribution is 6.31. The maximum atomic E-state index is 13.2. The molecule has 5 heteroatoms. The van der Waals surface area contributed by atoms with Crippen LogP contribution in [0.15, 0.2) is 23.2 Å². The summed E-state index contributed by atoms with van der Waals surface area (Å²) < 4.78 is 13.2. The van der Waals surface area contributed by atoms with E-state index in [0.717, 1.165) is 12.1 Å². The highest BCUT2D eigenvalue weighted by Gasteiger charge is 2.40. The average molecular weight is 284 g/mol. The molecule has 3 nitrogen and oxygen atoms in total. The van der Waals surface area contributed by atoms with E-state index in [1.54, 1.807) is 6.07 Å². The molecule has 0 bridgehead atoms. The molecular weight excluding hydrogens is 265 g/mol. The molecule has 1 atom stereocenters. The van der Waals surface area contributed by atoms with Crippen LogP contribution in [-0.4, -0.2) is 23.9 Å². The van der Waals surface area contributed by atoms with Gasteiger partial charge in [0.05, 0.1) is 12.1 Å². The van der Waals surface area contributed by atoms with Gasteiger partial charge in [-0.25, -0.2) is 4.39 Å². The van der Waals surface area contributed by atoms with Crippen molar-refractivity contribution in [1.29, 1.82) is 0 Å². The number of nitrogens with two attached hydrogens (primary N) is 1. The van der Waals surface area contributed by atoms with Gasteiger partial charge in [-0.15, -0.1) is 0 Å². The number of nitrogens with zero attached hydrogens (tertiary/aromatic N) is 2. The molecule has 1 heterocycles. The molecule has 0 aromatic heterocycles. The third kappa shape index (κ3) is 2.54. The van der Waals surface area contributed by atoms with Crippen LogP contribution in [0.3, 0.4) is 0 Å². The van der Waals surface area contributed by atoms with Gasteiger partial charge < -0.3 is 10.6 Å². The van der Waals surface area contributed by atoms with Crippen LogP contribution in [-0.2, 0) is 5.54 Å². The SMILES string of the molecule is CC(C)CN1C(N)=NCC1(C)c1ccc(F)cc1Cl. The zero-order valence-corrected chi connectivity index (χ0v) is 12.2. The largest absolute Gasteiger partial charge is 0.370 e. The number of rotatable bonds is 3. The van der Waals surface area contributed by atoms with Crippen LogP contribution in [0.5, 0.6) is 0 Å². The van der Waals surface area contributed by atoms with Gasteiger partial charge in [0.25, 0.3) is 0 Å². The monoisotopic (exact) mass is 283 g/mol. The van der Waals surface area contributed by atoms with Gasteiger partial charge in [-0.05, 0) is 30.5 Å². The van der Waals surface area contributed by atoms with Crippen LogP contribution in [0.25, 0.3) is 0 Å². The van der Waals surface area contributed by atoms with E-state index >= 15 is 0 Å². The van der Waals surface area contributed by atoms with E-state index in [2.05, 4.69) is 23.7 Å². The van der Waals surface area contributed by atoms with Crippen molar-refractivity contribution in [2.24, 2.45) is 16.6 Å². The molecule has 1 aromatic carbocycles. The van der Waals surface area contributed by atoms with Crippen molar-refractivity contribution in [2.45, 2.75) is 26.3 Å². The topological polar surface area (TPSA) is 41.6 Å². The highest BCUT2D eigenvalue weighted by atomic mass is 35.5. The lowest BCUT2D eigenvalue weighted by atomic mass is 9.90. The van der Waals surface area contributed by atoms with E-state index in [9.17, 15) is 4.39 Å². The molecule has 0 spiro atoms. The quantitative estimate of drug-likeness (QED) is 0.927. The van der Waals surface area contributed by atoms with Crippen LogP contribution in [0.4, 0.5) is 4.39 Å². The molecule has 0 saturated carbocycles. The van der Waals surface area contributed by atoms with Crippen LogP contribution in [0.1, 0.15) is 26.3 Å². The van der Waals surface area contributed by atoms with E-state index in [1.165, 1.54) is 12.1 Å². The number of hydrogen-bond donors (Lipinski definition) is 1. The van der Waals surface area contributed by atoms with Gasteiger partial charge in [0.1, 0.15) is 5.82 Å². The molecular formula is C14H19ClFN3. The predicted octanol–water partition coefficient (Wildman–Crippen LogP) is 2.98. The second-order valence-corrected chi connectivity index (χ2v) is 5.98. The van der Waals surface area contributed by atoms with Gasteiger partial charge in [-0.3, -0.25) is 4.99 Å². The van der Waals surface area contributed by atoms with Gasteiger partial charge in [-0.1, -0.05) is 31.5 Å². The van der Waals surface area contributed by atoms with E-state index in [1.807, 2.05) is 6.92 Å². The molecule has 0 aliphatic carbocycles. The fraction of sp³-hybridized carbons (Fsp3) is 0.500. The number of halogens is 2. The van der Waals surface area contributed by atoms with Crippen molar-refractivity contribution >= 4 is 17.6 Å². The molecule has 0 amide bonds. The summed E-state index contributed by atoms with van der Waals surface area (Å²) in [5, 5.41) is 0.418. The maximum absolute atomic E-state index is 13.2. The van der Waals surface area contributed by atoms with E-state index in [-0.39, 0.29) is 5.82 Å². The number of aliphatic imine (C=N–C) groups is 1. The Balaban J connectivity index is 2.41. The van der Waals surface area contributed by atoms with E-state index in [0.29, 0.717) is 23.4 Å². The third-order valence-corrected chi connectivity index (χ3v) is 3.79. The molecule has 1 unspecified atom stereocenters. The first-order chi connectivity index (χ1) is 8.84. The molecule has 0 radical (unpaired) electrons. The van der Waals surface area contributed by atoms with Gasteiger partial charge in [-0.2, -0.15) is 0 Å². The van der Waals surface area contributed by atoms with Crippen molar-refractivity contribution in [1.82, 2.24) is 4.90 Å². The smallest absolute Gasteiger partial charge is 0.192 e. The standard InChI is InChI=1S/C14H19ClFN3/c1-9(2)7-19-13(17)18-8-14(19,3)11-5-4-10(16)6-12(11)15/h4-6,9H,7-8H2,1-3H3,(H2,17,18). The Morgan fingerprint density at radius 2 is 2.21 bits per heavy atom. The number of hydrogen-bond acceptors (Lipinski definition) is 3. The molecule has 1 aromatic rings. The molecule has 1 aliphatic rings.